The van der Waals surface area contributed by atoms with Crippen LogP contribution >= 0.6 is 0 Å². The molecule has 1 atom stereocenters. The molecule has 1 radical (unpaired) electrons. The molecule has 0 spiro atoms. The van der Waals surface area contributed by atoms with Gasteiger partial charge in [-0.2, -0.15) is 0 Å². The Hall–Kier alpha value is 0. The Kier molecular flexibility index (Phi) is 21.0. The molecule has 0 fully saturated rings. The van der Waals surface area contributed by atoms with Gasteiger partial charge in [-0.1, -0.05) is 149 Å². The number of hydrogen-bond donors (Lipinski definition) is 0. The molecule has 0 amide bonds. The lowest BCUT2D eigenvalue weighted by Gasteiger charge is -2.14. The standard InChI is InChI=1S/C24H49/c1-4-7-9-11-13-15-17-19-21-23-24(6-3)22-20-18-16-14-12-10-8-5-2/h24H,3-23H2,1-2H3. The van der Waals surface area contributed by atoms with Crippen molar-refractivity contribution in [2.24, 2.45) is 5.92 Å². The second kappa shape index (κ2) is 21.0. The molecule has 0 nitrogen and oxygen atoms in total. The number of hydrogen-bond acceptors (Lipinski definition) is 0. The third-order valence-electron chi connectivity index (χ3n) is 5.59. The Morgan fingerprint density at radius 1 is 0.458 bits per heavy atom. The molecule has 0 aliphatic rings. The van der Waals surface area contributed by atoms with Crippen LogP contribution in [0.5, 0.6) is 0 Å². The molecule has 1 unspecified atom stereocenters. The predicted octanol–water partition coefficient (Wildman–Crippen LogP) is 9.28. The third-order valence-corrected chi connectivity index (χ3v) is 5.59. The largest absolute Gasteiger partial charge is 0.0654 e. The van der Waals surface area contributed by atoms with Crippen LogP contribution in [0, 0.1) is 12.8 Å². The minimum Gasteiger partial charge on any atom is -0.0654 e. The summed E-state index contributed by atoms with van der Waals surface area (Å²) in [6.45, 7) is 8.79. The highest BCUT2D eigenvalue weighted by Gasteiger charge is 2.05. The maximum Gasteiger partial charge on any atom is -0.0414 e. The second-order valence-electron chi connectivity index (χ2n) is 8.04. The summed E-state index contributed by atoms with van der Waals surface area (Å²) in [6.07, 6.45) is 28.6. The van der Waals surface area contributed by atoms with Gasteiger partial charge in [0, 0.05) is 0 Å². The monoisotopic (exact) mass is 337 g/mol. The Morgan fingerprint density at radius 2 is 0.750 bits per heavy atom. The SMILES string of the molecule is [CH2]CC(CCCCCCCCCC)CCCCCCCCCCC. The zero-order chi connectivity index (χ0) is 17.7. The fourth-order valence-corrected chi connectivity index (χ4v) is 3.74. The first-order valence-electron chi connectivity index (χ1n) is 11.6. The fraction of sp³-hybridized carbons (Fsp3) is 0.958. The molecule has 0 rings (SSSR count). The molecule has 0 aromatic heterocycles. The Labute approximate surface area is 155 Å². The van der Waals surface area contributed by atoms with Crippen molar-refractivity contribution in [2.45, 2.75) is 142 Å². The summed E-state index contributed by atoms with van der Waals surface area (Å²) in [6, 6.07) is 0. The van der Waals surface area contributed by atoms with Crippen LogP contribution in [-0.2, 0) is 0 Å². The van der Waals surface area contributed by atoms with Crippen LogP contribution in [0.15, 0.2) is 0 Å². The maximum absolute atomic E-state index is 4.19. The van der Waals surface area contributed by atoms with Gasteiger partial charge in [0.15, 0.2) is 0 Å². The highest BCUT2D eigenvalue weighted by Crippen LogP contribution is 2.21. The molecule has 0 aromatic carbocycles. The highest BCUT2D eigenvalue weighted by molar-refractivity contribution is 4.62. The molecule has 145 valence electrons. The van der Waals surface area contributed by atoms with Crippen molar-refractivity contribution in [3.05, 3.63) is 6.92 Å². The average Bonchev–Trinajstić information content (AvgIpc) is 2.60. The van der Waals surface area contributed by atoms with Crippen molar-refractivity contribution in [3.8, 4) is 0 Å². The van der Waals surface area contributed by atoms with E-state index in [0.717, 1.165) is 12.3 Å². The molecule has 24 heavy (non-hydrogen) atoms. The van der Waals surface area contributed by atoms with E-state index in [2.05, 4.69) is 20.8 Å². The lowest BCUT2D eigenvalue weighted by atomic mass is 9.92. The van der Waals surface area contributed by atoms with Gasteiger partial charge < -0.3 is 0 Å². The van der Waals surface area contributed by atoms with E-state index in [1.807, 2.05) is 0 Å². The molecule has 0 N–H and O–H groups in total. The summed E-state index contributed by atoms with van der Waals surface area (Å²) in [7, 11) is 0. The molecule has 0 aliphatic heterocycles. The van der Waals surface area contributed by atoms with Gasteiger partial charge in [-0.15, -0.1) is 0 Å². The van der Waals surface area contributed by atoms with E-state index >= 15 is 0 Å². The second-order valence-corrected chi connectivity index (χ2v) is 8.04. The topological polar surface area (TPSA) is 0 Å². The molecule has 0 aromatic rings. The Bertz CT molecular complexity index is 208. The summed E-state index contributed by atoms with van der Waals surface area (Å²) in [4.78, 5) is 0. The van der Waals surface area contributed by atoms with Crippen LogP contribution < -0.4 is 0 Å². The molecule has 0 bridgehead atoms. The van der Waals surface area contributed by atoms with E-state index in [0.29, 0.717) is 0 Å². The highest BCUT2D eigenvalue weighted by atomic mass is 14.1. The molecular weight excluding hydrogens is 288 g/mol. The van der Waals surface area contributed by atoms with Crippen molar-refractivity contribution >= 4 is 0 Å². The average molecular weight is 338 g/mol. The molecule has 0 aliphatic carbocycles. The smallest absolute Gasteiger partial charge is 0.0414 e. The van der Waals surface area contributed by atoms with Gasteiger partial charge in [0.2, 0.25) is 0 Å². The molecule has 0 saturated heterocycles. The minimum atomic E-state index is 0.912. The lowest BCUT2D eigenvalue weighted by Crippen LogP contribution is -1.99. The van der Waals surface area contributed by atoms with E-state index in [4.69, 9.17) is 0 Å². The van der Waals surface area contributed by atoms with Crippen LogP contribution in [-0.4, -0.2) is 0 Å². The third kappa shape index (κ3) is 18.3. The number of rotatable bonds is 20. The summed E-state index contributed by atoms with van der Waals surface area (Å²) < 4.78 is 0. The van der Waals surface area contributed by atoms with Crippen LogP contribution in [0.4, 0.5) is 0 Å². The van der Waals surface area contributed by atoms with Crippen LogP contribution in [0.1, 0.15) is 142 Å². The summed E-state index contributed by atoms with van der Waals surface area (Å²) >= 11 is 0. The van der Waals surface area contributed by atoms with E-state index in [-0.39, 0.29) is 0 Å². The fourth-order valence-electron chi connectivity index (χ4n) is 3.74. The van der Waals surface area contributed by atoms with Crippen molar-refractivity contribution in [1.82, 2.24) is 0 Å². The minimum absolute atomic E-state index is 0.912. The van der Waals surface area contributed by atoms with Gasteiger partial charge in [0.25, 0.3) is 0 Å². The van der Waals surface area contributed by atoms with E-state index < -0.39 is 0 Å². The summed E-state index contributed by atoms with van der Waals surface area (Å²) in [5, 5.41) is 0. The van der Waals surface area contributed by atoms with Gasteiger partial charge >= 0.3 is 0 Å². The first-order chi connectivity index (χ1) is 11.8. The Balaban J connectivity index is 3.28. The zero-order valence-corrected chi connectivity index (χ0v) is 17.4. The first kappa shape index (κ1) is 24.0. The van der Waals surface area contributed by atoms with Crippen molar-refractivity contribution < 1.29 is 0 Å². The van der Waals surface area contributed by atoms with Crippen LogP contribution in [0.25, 0.3) is 0 Å². The Morgan fingerprint density at radius 3 is 1.04 bits per heavy atom. The maximum atomic E-state index is 4.19. The summed E-state index contributed by atoms with van der Waals surface area (Å²) in [5.41, 5.74) is 0. The van der Waals surface area contributed by atoms with Crippen LogP contribution in [0.3, 0.4) is 0 Å². The van der Waals surface area contributed by atoms with Gasteiger partial charge in [-0.05, 0) is 5.92 Å². The lowest BCUT2D eigenvalue weighted by molar-refractivity contribution is 0.404. The predicted molar refractivity (Wildman–Crippen MR) is 113 cm³/mol. The van der Waals surface area contributed by atoms with E-state index in [1.165, 1.54) is 122 Å². The van der Waals surface area contributed by atoms with Crippen LogP contribution in [0.2, 0.25) is 0 Å². The zero-order valence-electron chi connectivity index (χ0n) is 17.4. The summed E-state index contributed by atoms with van der Waals surface area (Å²) in [5.74, 6) is 0.912. The van der Waals surface area contributed by atoms with Gasteiger partial charge in [0.05, 0.1) is 0 Å². The van der Waals surface area contributed by atoms with Gasteiger partial charge in [-0.3, -0.25) is 0 Å². The first-order valence-corrected chi connectivity index (χ1v) is 11.6. The quantitative estimate of drug-likeness (QED) is 0.194. The van der Waals surface area contributed by atoms with Crippen molar-refractivity contribution in [2.75, 3.05) is 0 Å². The van der Waals surface area contributed by atoms with E-state index in [9.17, 15) is 0 Å². The van der Waals surface area contributed by atoms with Gasteiger partial charge in [-0.25, -0.2) is 0 Å². The molecular formula is C24H49. The normalized spacial score (nSPS) is 12.6. The molecule has 0 saturated carbocycles. The van der Waals surface area contributed by atoms with E-state index in [1.54, 1.807) is 0 Å². The number of unbranched alkanes of at least 4 members (excludes halogenated alkanes) is 15. The molecule has 0 heterocycles. The van der Waals surface area contributed by atoms with Crippen molar-refractivity contribution in [3.63, 3.8) is 0 Å². The molecule has 0 heteroatoms. The van der Waals surface area contributed by atoms with Gasteiger partial charge in [0.1, 0.15) is 0 Å². The van der Waals surface area contributed by atoms with Crippen molar-refractivity contribution in [1.29, 1.82) is 0 Å².